The summed E-state index contributed by atoms with van der Waals surface area (Å²) in [5.74, 6) is 0.736. The number of anilines is 1. The molecule has 0 atom stereocenters. The van der Waals surface area contributed by atoms with E-state index in [4.69, 9.17) is 9.47 Å². The van der Waals surface area contributed by atoms with Gasteiger partial charge in [0.15, 0.2) is 0 Å². The fourth-order valence-electron chi connectivity index (χ4n) is 4.23. The van der Waals surface area contributed by atoms with E-state index in [0.717, 1.165) is 31.2 Å². The average molecular weight is 445 g/mol. The predicted octanol–water partition coefficient (Wildman–Crippen LogP) is 3.60. The summed E-state index contributed by atoms with van der Waals surface area (Å²) in [7, 11) is -0.997. The predicted molar refractivity (Wildman–Crippen MR) is 118 cm³/mol. The van der Waals surface area contributed by atoms with Gasteiger partial charge in [0.05, 0.1) is 19.6 Å². The first-order chi connectivity index (χ1) is 14.9. The Morgan fingerprint density at radius 3 is 2.26 bits per heavy atom. The highest BCUT2D eigenvalue weighted by atomic mass is 32.2. The quantitative estimate of drug-likeness (QED) is 0.649. The summed E-state index contributed by atoms with van der Waals surface area (Å²) >= 11 is 0. The highest BCUT2D eigenvalue weighted by Crippen LogP contribution is 2.49. The second-order valence-electron chi connectivity index (χ2n) is 8.24. The van der Waals surface area contributed by atoms with E-state index in [9.17, 15) is 13.2 Å². The number of carbonyl (C=O) groups is 1. The lowest BCUT2D eigenvalue weighted by Gasteiger charge is -2.20. The van der Waals surface area contributed by atoms with Crippen molar-refractivity contribution in [1.82, 2.24) is 5.32 Å². The molecule has 2 fully saturated rings. The molecule has 0 unspecified atom stereocenters. The second kappa shape index (κ2) is 8.42. The molecule has 166 valence electrons. The zero-order valence-corrected chi connectivity index (χ0v) is 18.6. The van der Waals surface area contributed by atoms with Crippen LogP contribution in [0.1, 0.15) is 44.1 Å². The zero-order valence-electron chi connectivity index (χ0n) is 17.8. The van der Waals surface area contributed by atoms with Crippen molar-refractivity contribution in [3.05, 3.63) is 48.0 Å². The van der Waals surface area contributed by atoms with Crippen LogP contribution in [0.5, 0.6) is 11.5 Å². The molecule has 2 aromatic rings. The van der Waals surface area contributed by atoms with Crippen molar-refractivity contribution in [2.75, 3.05) is 18.9 Å². The maximum absolute atomic E-state index is 12.9. The molecule has 4 rings (SSSR count). The lowest BCUT2D eigenvalue weighted by Crippen LogP contribution is -2.40. The number of sulfonamides is 1. The van der Waals surface area contributed by atoms with E-state index in [-0.39, 0.29) is 22.6 Å². The van der Waals surface area contributed by atoms with Crippen molar-refractivity contribution in [1.29, 1.82) is 0 Å². The molecule has 31 heavy (non-hydrogen) atoms. The molecule has 2 N–H and O–H groups in total. The second-order valence-corrected chi connectivity index (χ2v) is 9.89. The number of nitrogens with one attached hydrogen (secondary N) is 2. The minimum atomic E-state index is -3.89. The Morgan fingerprint density at radius 2 is 1.68 bits per heavy atom. The first-order valence-corrected chi connectivity index (χ1v) is 12.0. The minimum Gasteiger partial charge on any atom is -0.497 e. The van der Waals surface area contributed by atoms with Gasteiger partial charge in [-0.05, 0) is 55.5 Å². The Bertz CT molecular complexity index is 1060. The van der Waals surface area contributed by atoms with Gasteiger partial charge >= 0.3 is 0 Å². The maximum atomic E-state index is 12.9. The molecular formula is C23H28N2O5S. The Hall–Kier alpha value is -2.74. The molecule has 2 saturated carbocycles. The number of amides is 1. The van der Waals surface area contributed by atoms with Crippen LogP contribution in [0.15, 0.2) is 47.4 Å². The number of carbonyl (C=O) groups excluding carboxylic acids is 1. The maximum Gasteiger partial charge on any atom is 0.265 e. The van der Waals surface area contributed by atoms with Crippen molar-refractivity contribution < 1.29 is 22.7 Å². The number of hydrogen-bond donors (Lipinski definition) is 2. The van der Waals surface area contributed by atoms with Gasteiger partial charge in [-0.2, -0.15) is 0 Å². The summed E-state index contributed by atoms with van der Waals surface area (Å²) in [6.07, 6.45) is 6.08. The largest absolute Gasteiger partial charge is 0.497 e. The number of benzene rings is 2. The van der Waals surface area contributed by atoms with E-state index >= 15 is 0 Å². The summed E-state index contributed by atoms with van der Waals surface area (Å²) in [6.45, 7) is 0. The van der Waals surface area contributed by atoms with Crippen LogP contribution in [-0.4, -0.2) is 34.6 Å². The minimum absolute atomic E-state index is 0.00645. The van der Waals surface area contributed by atoms with Crippen LogP contribution in [0.25, 0.3) is 0 Å². The van der Waals surface area contributed by atoms with Gasteiger partial charge < -0.3 is 14.8 Å². The first kappa shape index (κ1) is 21.5. The van der Waals surface area contributed by atoms with Gasteiger partial charge in [-0.1, -0.05) is 25.0 Å². The van der Waals surface area contributed by atoms with E-state index in [1.165, 1.54) is 33.1 Å². The topological polar surface area (TPSA) is 93.7 Å². The first-order valence-electron chi connectivity index (χ1n) is 10.5. The molecule has 2 aliphatic carbocycles. The van der Waals surface area contributed by atoms with Crippen LogP contribution < -0.4 is 19.5 Å². The Kier molecular flexibility index (Phi) is 5.83. The van der Waals surface area contributed by atoms with Crippen molar-refractivity contribution in [2.45, 2.75) is 54.9 Å². The summed E-state index contributed by atoms with van der Waals surface area (Å²) in [6, 6.07) is 12.0. The van der Waals surface area contributed by atoms with Gasteiger partial charge in [0.2, 0.25) is 5.91 Å². The smallest absolute Gasteiger partial charge is 0.265 e. The number of hydrogen-bond acceptors (Lipinski definition) is 5. The van der Waals surface area contributed by atoms with Crippen LogP contribution in [0.4, 0.5) is 5.69 Å². The standard InChI is InChI=1S/C23H28N2O5S/c1-29-19-11-12-20(30-2)21(15-19)31(27,28)25-18-9-7-16(8-10-18)23(13-14-23)22(26)24-17-5-3-4-6-17/h7-12,15,17,25H,3-6,13-14H2,1-2H3,(H,24,26). The normalized spacial score (nSPS) is 17.7. The van der Waals surface area contributed by atoms with Crippen LogP contribution >= 0.6 is 0 Å². The lowest BCUT2D eigenvalue weighted by atomic mass is 9.94. The van der Waals surface area contributed by atoms with Gasteiger partial charge in [0, 0.05) is 17.8 Å². The molecule has 0 aromatic heterocycles. The molecule has 2 aromatic carbocycles. The monoisotopic (exact) mass is 444 g/mol. The third-order valence-electron chi connectivity index (χ3n) is 6.23. The van der Waals surface area contributed by atoms with Gasteiger partial charge in [-0.3, -0.25) is 9.52 Å². The van der Waals surface area contributed by atoms with Gasteiger partial charge in [-0.15, -0.1) is 0 Å². The number of methoxy groups -OCH3 is 2. The molecule has 0 spiro atoms. The van der Waals surface area contributed by atoms with Crippen LogP contribution in [0.2, 0.25) is 0 Å². The molecule has 0 aliphatic heterocycles. The van der Waals surface area contributed by atoms with E-state index in [1.54, 1.807) is 24.3 Å². The highest BCUT2D eigenvalue weighted by Gasteiger charge is 2.51. The Labute approximate surface area is 183 Å². The molecule has 7 nitrogen and oxygen atoms in total. The van der Waals surface area contributed by atoms with E-state index < -0.39 is 15.4 Å². The summed E-state index contributed by atoms with van der Waals surface area (Å²) in [5.41, 5.74) is 0.862. The number of ether oxygens (including phenoxy) is 2. The zero-order chi connectivity index (χ0) is 22.1. The fraction of sp³-hybridized carbons (Fsp3) is 0.435. The number of rotatable bonds is 8. The van der Waals surface area contributed by atoms with Crippen LogP contribution in [0, 0.1) is 0 Å². The van der Waals surface area contributed by atoms with Gasteiger partial charge in [0.1, 0.15) is 16.4 Å². The third-order valence-corrected chi connectivity index (χ3v) is 7.63. The Balaban J connectivity index is 1.50. The fourth-order valence-corrected chi connectivity index (χ4v) is 5.47. The van der Waals surface area contributed by atoms with E-state index in [1.807, 2.05) is 12.1 Å². The third kappa shape index (κ3) is 4.35. The van der Waals surface area contributed by atoms with Crippen molar-refractivity contribution in [3.63, 3.8) is 0 Å². The molecule has 0 bridgehead atoms. The molecular weight excluding hydrogens is 416 g/mol. The Morgan fingerprint density at radius 1 is 1.00 bits per heavy atom. The van der Waals surface area contributed by atoms with Crippen molar-refractivity contribution >= 4 is 21.6 Å². The summed E-state index contributed by atoms with van der Waals surface area (Å²) < 4.78 is 38.8. The van der Waals surface area contributed by atoms with E-state index in [0.29, 0.717) is 11.4 Å². The van der Waals surface area contributed by atoms with Gasteiger partial charge in [0.25, 0.3) is 10.0 Å². The van der Waals surface area contributed by atoms with Gasteiger partial charge in [-0.25, -0.2) is 8.42 Å². The molecule has 2 aliphatic rings. The highest BCUT2D eigenvalue weighted by molar-refractivity contribution is 7.92. The average Bonchev–Trinajstić information content (AvgIpc) is 3.43. The molecule has 1 amide bonds. The van der Waals surface area contributed by atoms with Crippen molar-refractivity contribution in [2.24, 2.45) is 0 Å². The molecule has 8 heteroatoms. The van der Waals surface area contributed by atoms with Crippen molar-refractivity contribution in [3.8, 4) is 11.5 Å². The summed E-state index contributed by atoms with van der Waals surface area (Å²) in [4.78, 5) is 12.9. The van der Waals surface area contributed by atoms with Crippen LogP contribution in [0.3, 0.4) is 0 Å². The summed E-state index contributed by atoms with van der Waals surface area (Å²) in [5, 5.41) is 3.20. The molecule has 0 heterocycles. The lowest BCUT2D eigenvalue weighted by molar-refractivity contribution is -0.124. The molecule has 0 radical (unpaired) electrons. The molecule has 0 saturated heterocycles. The SMILES string of the molecule is COc1ccc(OC)c(S(=O)(=O)Nc2ccc(C3(C(=O)NC4CCCC4)CC3)cc2)c1. The van der Waals surface area contributed by atoms with Crippen LogP contribution in [-0.2, 0) is 20.2 Å². The van der Waals surface area contributed by atoms with E-state index in [2.05, 4.69) is 10.0 Å².